The lowest BCUT2D eigenvalue weighted by Crippen LogP contribution is -2.15. The third-order valence-electron chi connectivity index (χ3n) is 4.35. The van der Waals surface area contributed by atoms with E-state index in [2.05, 4.69) is 38.0 Å². The van der Waals surface area contributed by atoms with Crippen LogP contribution in [-0.4, -0.2) is 26.4 Å². The first-order chi connectivity index (χ1) is 14.5. The first kappa shape index (κ1) is 22.1. The molecule has 0 spiro atoms. The molecule has 0 aliphatic rings. The molecule has 0 atom stereocenters. The number of allylic oxidation sites excluding steroid dienone is 1. The number of para-hydroxylation sites is 1. The first-order valence-electron chi connectivity index (χ1n) is 9.38. The molecular weight excluding hydrogens is 464 g/mol. The van der Waals surface area contributed by atoms with E-state index >= 15 is 0 Å². The smallest absolute Gasteiger partial charge is 0.234 e. The minimum Gasteiger partial charge on any atom is -0.485 e. The topological polar surface area (TPSA) is 69.0 Å². The number of hydrogen-bond acceptors (Lipinski definition) is 5. The highest BCUT2D eigenvalue weighted by Gasteiger charge is 2.15. The molecule has 0 fully saturated rings. The molecule has 0 saturated heterocycles. The van der Waals surface area contributed by atoms with Crippen LogP contribution in [-0.2, 0) is 17.9 Å². The van der Waals surface area contributed by atoms with E-state index in [-0.39, 0.29) is 18.3 Å². The van der Waals surface area contributed by atoms with Crippen LogP contribution in [0.25, 0.3) is 0 Å². The van der Waals surface area contributed by atoms with Gasteiger partial charge in [-0.05, 0) is 49.2 Å². The molecule has 0 saturated carbocycles. The van der Waals surface area contributed by atoms with Crippen LogP contribution in [0.1, 0.15) is 17.0 Å². The van der Waals surface area contributed by atoms with Gasteiger partial charge in [-0.3, -0.25) is 9.36 Å². The second-order valence-corrected chi connectivity index (χ2v) is 8.51. The van der Waals surface area contributed by atoms with Gasteiger partial charge in [0.25, 0.3) is 0 Å². The predicted molar refractivity (Wildman–Crippen MR) is 124 cm³/mol. The highest BCUT2D eigenvalue weighted by Crippen LogP contribution is 2.23. The van der Waals surface area contributed by atoms with Gasteiger partial charge in [0.2, 0.25) is 5.91 Å². The van der Waals surface area contributed by atoms with Gasteiger partial charge in [-0.15, -0.1) is 16.8 Å². The normalized spacial score (nSPS) is 10.6. The van der Waals surface area contributed by atoms with Crippen molar-refractivity contribution in [2.24, 2.45) is 0 Å². The number of rotatable bonds is 9. The lowest BCUT2D eigenvalue weighted by atomic mass is 10.2. The molecule has 0 aliphatic carbocycles. The van der Waals surface area contributed by atoms with E-state index in [1.807, 2.05) is 60.9 Å². The fraction of sp³-hybridized carbons (Fsp3) is 0.227. The Labute approximate surface area is 188 Å². The van der Waals surface area contributed by atoms with Crippen molar-refractivity contribution >= 4 is 39.3 Å². The first-order valence-corrected chi connectivity index (χ1v) is 11.2. The summed E-state index contributed by atoms with van der Waals surface area (Å²) in [6.07, 6.45) is 1.77. The summed E-state index contributed by atoms with van der Waals surface area (Å²) in [4.78, 5) is 12.4. The molecule has 0 aliphatic heterocycles. The third kappa shape index (κ3) is 5.73. The number of aromatic nitrogens is 3. The number of carbonyl (C=O) groups excluding carboxylic acids is 1. The number of aryl methyl sites for hydroxylation is 2. The van der Waals surface area contributed by atoms with Crippen LogP contribution in [0.4, 0.5) is 5.69 Å². The number of hydrogen-bond donors (Lipinski definition) is 1. The maximum atomic E-state index is 12.4. The Balaban J connectivity index is 1.63. The van der Waals surface area contributed by atoms with Gasteiger partial charge < -0.3 is 10.1 Å². The lowest BCUT2D eigenvalue weighted by Gasteiger charge is -2.11. The van der Waals surface area contributed by atoms with Crippen LogP contribution >= 0.6 is 27.7 Å². The summed E-state index contributed by atoms with van der Waals surface area (Å²) in [7, 11) is 0. The molecule has 1 amide bonds. The minimum absolute atomic E-state index is 0.101. The molecule has 1 heterocycles. The fourth-order valence-corrected chi connectivity index (χ4v) is 4.03. The van der Waals surface area contributed by atoms with Gasteiger partial charge >= 0.3 is 0 Å². The minimum atomic E-state index is -0.101. The Morgan fingerprint density at radius 1 is 1.23 bits per heavy atom. The number of halogens is 1. The van der Waals surface area contributed by atoms with E-state index < -0.39 is 0 Å². The number of nitrogens with zero attached hydrogens (tertiary/aromatic N) is 3. The van der Waals surface area contributed by atoms with Crippen molar-refractivity contribution in [1.82, 2.24) is 14.8 Å². The number of thioether (sulfide) groups is 1. The zero-order chi connectivity index (χ0) is 21.5. The average Bonchev–Trinajstić information content (AvgIpc) is 3.10. The maximum Gasteiger partial charge on any atom is 0.234 e. The summed E-state index contributed by atoms with van der Waals surface area (Å²) in [5, 5.41) is 12.1. The van der Waals surface area contributed by atoms with Crippen LogP contribution in [0.3, 0.4) is 0 Å². The maximum absolute atomic E-state index is 12.4. The van der Waals surface area contributed by atoms with Gasteiger partial charge in [0, 0.05) is 16.7 Å². The van der Waals surface area contributed by atoms with Gasteiger partial charge in [0.15, 0.2) is 11.0 Å². The van der Waals surface area contributed by atoms with Crippen molar-refractivity contribution in [3.63, 3.8) is 0 Å². The van der Waals surface area contributed by atoms with Gasteiger partial charge in [-0.2, -0.15) is 0 Å². The van der Waals surface area contributed by atoms with Crippen LogP contribution < -0.4 is 10.1 Å². The standard InChI is InChI=1S/C22H23BrN4O2S/c1-4-11-27-20(13-29-19-8-6-5-7-15(19)2)25-26-22(27)30-14-21(28)24-18-10-9-17(23)12-16(18)3/h4-10,12H,1,11,13-14H2,2-3H3,(H,24,28). The Kier molecular flexibility index (Phi) is 7.70. The fourth-order valence-electron chi connectivity index (χ4n) is 2.79. The molecule has 0 unspecified atom stereocenters. The second-order valence-electron chi connectivity index (χ2n) is 6.65. The van der Waals surface area contributed by atoms with Crippen molar-refractivity contribution in [2.75, 3.05) is 11.1 Å². The molecule has 0 radical (unpaired) electrons. The summed E-state index contributed by atoms with van der Waals surface area (Å²) >= 11 is 4.76. The van der Waals surface area contributed by atoms with Gasteiger partial charge in [-0.1, -0.05) is 52.0 Å². The van der Waals surface area contributed by atoms with E-state index in [9.17, 15) is 4.79 Å². The predicted octanol–water partition coefficient (Wildman–Crippen LogP) is 5.15. The lowest BCUT2D eigenvalue weighted by molar-refractivity contribution is -0.113. The van der Waals surface area contributed by atoms with Crippen LogP contribution in [0.15, 0.2) is 64.7 Å². The summed E-state index contributed by atoms with van der Waals surface area (Å²) in [6, 6.07) is 13.6. The van der Waals surface area contributed by atoms with Gasteiger partial charge in [0.1, 0.15) is 12.4 Å². The molecule has 0 bridgehead atoms. The quantitative estimate of drug-likeness (QED) is 0.334. The zero-order valence-corrected chi connectivity index (χ0v) is 19.3. The van der Waals surface area contributed by atoms with Crippen LogP contribution in [0.2, 0.25) is 0 Å². The van der Waals surface area contributed by atoms with Crippen molar-refractivity contribution < 1.29 is 9.53 Å². The van der Waals surface area contributed by atoms with E-state index in [1.54, 1.807) is 6.08 Å². The summed E-state index contributed by atoms with van der Waals surface area (Å²) < 4.78 is 8.79. The van der Waals surface area contributed by atoms with Crippen molar-refractivity contribution in [2.45, 2.75) is 32.2 Å². The molecule has 2 aromatic carbocycles. The molecule has 6 nitrogen and oxygen atoms in total. The van der Waals surface area contributed by atoms with Crippen molar-refractivity contribution in [1.29, 1.82) is 0 Å². The van der Waals surface area contributed by atoms with Gasteiger partial charge in [-0.25, -0.2) is 0 Å². The number of amides is 1. The Morgan fingerprint density at radius 3 is 2.77 bits per heavy atom. The van der Waals surface area contributed by atoms with E-state index in [1.165, 1.54) is 11.8 Å². The van der Waals surface area contributed by atoms with E-state index in [4.69, 9.17) is 4.74 Å². The van der Waals surface area contributed by atoms with Gasteiger partial charge in [0.05, 0.1) is 5.75 Å². The number of benzene rings is 2. The van der Waals surface area contributed by atoms with Crippen LogP contribution in [0, 0.1) is 13.8 Å². The van der Waals surface area contributed by atoms with E-state index in [0.717, 1.165) is 27.0 Å². The average molecular weight is 487 g/mol. The highest BCUT2D eigenvalue weighted by molar-refractivity contribution is 9.10. The van der Waals surface area contributed by atoms with E-state index in [0.29, 0.717) is 17.5 Å². The largest absolute Gasteiger partial charge is 0.485 e. The second kappa shape index (κ2) is 10.4. The Bertz CT molecular complexity index is 1050. The summed E-state index contributed by atoms with van der Waals surface area (Å²) in [5.41, 5.74) is 2.85. The molecular formula is C22H23BrN4O2S. The Hall–Kier alpha value is -2.58. The molecule has 3 rings (SSSR count). The number of nitrogens with one attached hydrogen (secondary N) is 1. The highest BCUT2D eigenvalue weighted by atomic mass is 79.9. The number of anilines is 1. The van der Waals surface area contributed by atoms with Crippen molar-refractivity contribution in [3.05, 3.63) is 76.5 Å². The summed E-state index contributed by atoms with van der Waals surface area (Å²) in [6.45, 7) is 8.58. The zero-order valence-electron chi connectivity index (χ0n) is 16.9. The molecule has 1 aromatic heterocycles. The molecule has 8 heteroatoms. The van der Waals surface area contributed by atoms with Crippen molar-refractivity contribution in [3.8, 4) is 5.75 Å². The molecule has 156 valence electrons. The van der Waals surface area contributed by atoms with Crippen LogP contribution in [0.5, 0.6) is 5.75 Å². The SMILES string of the molecule is C=CCn1c(COc2ccccc2C)nnc1SCC(=O)Nc1ccc(Br)cc1C. The Morgan fingerprint density at radius 2 is 2.03 bits per heavy atom. The molecule has 30 heavy (non-hydrogen) atoms. The molecule has 3 aromatic rings. The number of ether oxygens (including phenoxy) is 1. The number of carbonyl (C=O) groups is 1. The third-order valence-corrected chi connectivity index (χ3v) is 5.81. The molecule has 1 N–H and O–H groups in total. The monoisotopic (exact) mass is 486 g/mol. The summed E-state index contributed by atoms with van der Waals surface area (Å²) in [5.74, 6) is 1.62.